The lowest BCUT2D eigenvalue weighted by Crippen LogP contribution is -2.42. The molecule has 0 radical (unpaired) electrons. The van der Waals surface area contributed by atoms with E-state index in [9.17, 15) is 24.3 Å². The largest absolute Gasteiger partial charge is 0.480 e. The van der Waals surface area contributed by atoms with Crippen LogP contribution in [0.5, 0.6) is 6.01 Å². The Morgan fingerprint density at radius 2 is 1.93 bits per heavy atom. The molecule has 3 aromatic rings. The number of hydrogen-bond donors (Lipinski definition) is 3. The lowest BCUT2D eigenvalue weighted by atomic mass is 10.0. The third-order valence-electron chi connectivity index (χ3n) is 6.70. The number of carbonyl (C=O) groups excluding carboxylic acids is 2. The Kier molecular flexibility index (Phi) is 12.2. The van der Waals surface area contributed by atoms with Gasteiger partial charge in [0.2, 0.25) is 5.91 Å². The molecular formula is C29H38N8O7. The minimum Gasteiger partial charge on any atom is -0.480 e. The average molecular weight is 611 g/mol. The summed E-state index contributed by atoms with van der Waals surface area (Å²) >= 11 is 0. The summed E-state index contributed by atoms with van der Waals surface area (Å²) in [4.78, 5) is 64.5. The van der Waals surface area contributed by atoms with Crippen LogP contribution in [0, 0.1) is 11.3 Å². The van der Waals surface area contributed by atoms with E-state index in [1.54, 1.807) is 23.1 Å². The summed E-state index contributed by atoms with van der Waals surface area (Å²) in [7, 11) is 1.26. The van der Waals surface area contributed by atoms with E-state index in [0.29, 0.717) is 36.4 Å². The minimum atomic E-state index is -1.10. The Bertz CT molecular complexity index is 1580. The van der Waals surface area contributed by atoms with E-state index in [2.05, 4.69) is 15.0 Å². The molecule has 0 aliphatic heterocycles. The number of H-pyrrole nitrogens is 1. The molecule has 0 spiro atoms. The number of amides is 1. The standard InChI is InChI=1S/C29H38N8O7/c1-4-6-13-44-28-33-26(31)25-27(34-28)37(29(42)32-25)21-14-19(8-9-20(21)15-24(41)43-3)16-36(11-5-2)22(38)17-35(12-7-10-30)18-23(39)40/h8-9,14H,4-7,11-13,15-18H2,1-3H3,(H,32,42)(H,39,40)(H2,31,33,34). The fourth-order valence-electron chi connectivity index (χ4n) is 4.56. The summed E-state index contributed by atoms with van der Waals surface area (Å²) in [6.07, 6.45) is 2.23. The molecular weight excluding hydrogens is 572 g/mol. The summed E-state index contributed by atoms with van der Waals surface area (Å²) < 4.78 is 11.8. The second kappa shape index (κ2) is 16.0. The highest BCUT2D eigenvalue weighted by Crippen LogP contribution is 2.25. The third-order valence-corrected chi connectivity index (χ3v) is 6.70. The number of aliphatic carboxylic acids is 1. The quantitative estimate of drug-likeness (QED) is 0.147. The van der Waals surface area contributed by atoms with Crippen molar-refractivity contribution in [3.8, 4) is 17.8 Å². The Labute approximate surface area is 254 Å². The van der Waals surface area contributed by atoms with Gasteiger partial charge in [-0.15, -0.1) is 0 Å². The fourth-order valence-corrected chi connectivity index (χ4v) is 4.56. The van der Waals surface area contributed by atoms with Gasteiger partial charge in [-0.3, -0.25) is 19.3 Å². The molecule has 0 aliphatic rings. The molecule has 0 saturated heterocycles. The maximum Gasteiger partial charge on any atom is 0.332 e. The SMILES string of the molecule is CCCCOc1nc(N)c2[nH]c(=O)n(-c3cc(CN(CCC)C(=O)CN(CCC#N)CC(=O)O)ccc3CC(=O)OC)c2n1. The smallest absolute Gasteiger partial charge is 0.332 e. The number of rotatable bonds is 17. The first kappa shape index (κ1) is 33.5. The number of carboxylic acids is 1. The van der Waals surface area contributed by atoms with Gasteiger partial charge in [0, 0.05) is 26.1 Å². The lowest BCUT2D eigenvalue weighted by molar-refractivity contribution is -0.141. The van der Waals surface area contributed by atoms with Crippen LogP contribution in [-0.2, 0) is 32.1 Å². The van der Waals surface area contributed by atoms with Crippen LogP contribution < -0.4 is 16.2 Å². The van der Waals surface area contributed by atoms with Crippen LogP contribution in [0.1, 0.15) is 50.7 Å². The predicted octanol–water partition coefficient (Wildman–Crippen LogP) is 1.62. The summed E-state index contributed by atoms with van der Waals surface area (Å²) in [5.74, 6) is -1.92. The number of unbranched alkanes of at least 4 members (excludes halogenated alkanes) is 1. The lowest BCUT2D eigenvalue weighted by Gasteiger charge is -2.26. The Balaban J connectivity index is 2.05. The number of nitrogens with zero attached hydrogens (tertiary/aromatic N) is 6. The molecule has 15 nitrogen and oxygen atoms in total. The number of imidazole rings is 1. The predicted molar refractivity (Wildman–Crippen MR) is 160 cm³/mol. The Hall–Kier alpha value is -4.97. The van der Waals surface area contributed by atoms with Crippen molar-refractivity contribution in [2.24, 2.45) is 0 Å². The van der Waals surface area contributed by atoms with Gasteiger partial charge in [-0.25, -0.2) is 9.36 Å². The highest BCUT2D eigenvalue weighted by atomic mass is 16.5. The Morgan fingerprint density at radius 3 is 2.59 bits per heavy atom. The highest BCUT2D eigenvalue weighted by molar-refractivity contribution is 5.84. The average Bonchev–Trinajstić information content (AvgIpc) is 3.32. The summed E-state index contributed by atoms with van der Waals surface area (Å²) in [6, 6.07) is 7.07. The molecule has 0 bridgehead atoms. The van der Waals surface area contributed by atoms with Crippen LogP contribution in [0.15, 0.2) is 23.0 Å². The first-order chi connectivity index (χ1) is 21.1. The molecule has 2 aromatic heterocycles. The molecule has 4 N–H and O–H groups in total. The number of fused-ring (bicyclic) bond motifs is 1. The van der Waals surface area contributed by atoms with Crippen LogP contribution in [-0.4, -0.2) is 92.2 Å². The number of carboxylic acid groups (broad SMARTS) is 1. The van der Waals surface area contributed by atoms with E-state index >= 15 is 0 Å². The number of methoxy groups -OCH3 is 1. The number of carbonyl (C=O) groups is 3. The van der Waals surface area contributed by atoms with E-state index in [0.717, 1.165) is 12.8 Å². The summed E-state index contributed by atoms with van der Waals surface area (Å²) in [5, 5.41) is 18.2. The van der Waals surface area contributed by atoms with E-state index in [1.165, 1.54) is 16.6 Å². The van der Waals surface area contributed by atoms with Gasteiger partial charge < -0.3 is 30.2 Å². The first-order valence-corrected chi connectivity index (χ1v) is 14.3. The van der Waals surface area contributed by atoms with E-state index in [-0.39, 0.29) is 67.9 Å². The Morgan fingerprint density at radius 1 is 1.16 bits per heavy atom. The third kappa shape index (κ3) is 8.77. The van der Waals surface area contributed by atoms with E-state index < -0.39 is 17.6 Å². The molecule has 0 atom stereocenters. The van der Waals surface area contributed by atoms with Gasteiger partial charge in [-0.1, -0.05) is 32.4 Å². The van der Waals surface area contributed by atoms with E-state index in [4.69, 9.17) is 20.5 Å². The van der Waals surface area contributed by atoms with Gasteiger partial charge in [0.05, 0.1) is 45.0 Å². The molecule has 3 rings (SSSR count). The van der Waals surface area contributed by atoms with Crippen LogP contribution in [0.2, 0.25) is 0 Å². The van der Waals surface area contributed by atoms with Gasteiger partial charge >= 0.3 is 23.6 Å². The summed E-state index contributed by atoms with van der Waals surface area (Å²) in [5.41, 5.74) is 7.34. The molecule has 15 heteroatoms. The number of ether oxygens (including phenoxy) is 2. The second-order valence-corrected chi connectivity index (χ2v) is 10.1. The number of hydrogen-bond acceptors (Lipinski definition) is 11. The molecule has 1 aromatic carbocycles. The fraction of sp³-hybridized carbons (Fsp3) is 0.483. The van der Waals surface area contributed by atoms with Crippen LogP contribution in [0.4, 0.5) is 5.82 Å². The summed E-state index contributed by atoms with van der Waals surface area (Å²) in [6.45, 7) is 4.38. The van der Waals surface area contributed by atoms with Crippen LogP contribution in [0.25, 0.3) is 16.9 Å². The number of aromatic amines is 1. The van der Waals surface area contributed by atoms with Crippen molar-refractivity contribution < 1.29 is 29.0 Å². The van der Waals surface area contributed by atoms with Gasteiger partial charge in [0.25, 0.3) is 0 Å². The molecule has 1 amide bonds. The number of esters is 1. The van der Waals surface area contributed by atoms with Crippen molar-refractivity contribution in [2.75, 3.05) is 45.6 Å². The van der Waals surface area contributed by atoms with Crippen LogP contribution >= 0.6 is 0 Å². The maximum absolute atomic E-state index is 13.3. The number of nitrogens with one attached hydrogen (secondary N) is 1. The molecule has 236 valence electrons. The number of nitrogens with two attached hydrogens (primary N) is 1. The molecule has 44 heavy (non-hydrogen) atoms. The van der Waals surface area contributed by atoms with E-state index in [1.807, 2.05) is 19.9 Å². The number of nitrogen functional groups attached to an aromatic ring is 1. The van der Waals surface area contributed by atoms with Gasteiger partial charge in [0.1, 0.15) is 5.52 Å². The number of anilines is 1. The minimum absolute atomic E-state index is 0.00361. The van der Waals surface area contributed by atoms with Gasteiger partial charge in [-0.2, -0.15) is 15.2 Å². The van der Waals surface area contributed by atoms with Gasteiger partial charge in [0.15, 0.2) is 11.5 Å². The second-order valence-electron chi connectivity index (χ2n) is 10.1. The zero-order valence-corrected chi connectivity index (χ0v) is 25.2. The monoisotopic (exact) mass is 610 g/mol. The molecule has 0 saturated carbocycles. The number of nitriles is 1. The number of aromatic nitrogens is 4. The topological polar surface area (TPSA) is 210 Å². The zero-order chi connectivity index (χ0) is 32.2. The first-order valence-electron chi connectivity index (χ1n) is 14.3. The van der Waals surface area contributed by atoms with Crippen LogP contribution in [0.3, 0.4) is 0 Å². The van der Waals surface area contributed by atoms with Crippen molar-refractivity contribution in [3.63, 3.8) is 0 Å². The van der Waals surface area contributed by atoms with Crippen molar-refractivity contribution >= 4 is 34.8 Å². The number of benzene rings is 1. The molecule has 0 aliphatic carbocycles. The van der Waals surface area contributed by atoms with Crippen molar-refractivity contribution in [1.82, 2.24) is 29.3 Å². The van der Waals surface area contributed by atoms with Gasteiger partial charge in [-0.05, 0) is 30.0 Å². The molecule has 0 fully saturated rings. The zero-order valence-electron chi connectivity index (χ0n) is 25.2. The molecule has 0 unspecified atom stereocenters. The molecule has 2 heterocycles. The van der Waals surface area contributed by atoms with Crippen molar-refractivity contribution in [1.29, 1.82) is 5.26 Å². The van der Waals surface area contributed by atoms with Crippen molar-refractivity contribution in [3.05, 3.63) is 39.8 Å². The highest BCUT2D eigenvalue weighted by Gasteiger charge is 2.22. The normalized spacial score (nSPS) is 11.0. The maximum atomic E-state index is 13.3. The van der Waals surface area contributed by atoms with Crippen molar-refractivity contribution in [2.45, 2.75) is 52.5 Å².